The number of rotatable bonds is 11. The Morgan fingerprint density at radius 3 is 2.23 bits per heavy atom. The van der Waals surface area contributed by atoms with Gasteiger partial charge in [-0.15, -0.1) is 0 Å². The SMILES string of the molecule is N[C@@H]1CCN(c2nc(NCC(c3ccccc3)c3ccccc3)c3ncn(C4C[C@H](NC(=O)CCc5ccccc5)[C@@H](O)[C@H]4O)c3n2)C1. The molecule has 11 heteroatoms. The summed E-state index contributed by atoms with van der Waals surface area (Å²) < 4.78 is 1.82. The number of nitrogens with one attached hydrogen (secondary N) is 2. The van der Waals surface area contributed by atoms with Crippen molar-refractivity contribution >= 4 is 28.8 Å². The number of carbonyl (C=O) groups is 1. The second kappa shape index (κ2) is 14.1. The number of nitrogens with zero attached hydrogens (tertiary/aromatic N) is 5. The molecule has 0 bridgehead atoms. The van der Waals surface area contributed by atoms with Crippen LogP contribution in [0.15, 0.2) is 97.3 Å². The summed E-state index contributed by atoms with van der Waals surface area (Å²) in [5.74, 6) is 1.01. The number of carbonyl (C=O) groups excluding carboxylic acids is 1. The molecule has 3 aromatic carbocycles. The zero-order valence-electron chi connectivity index (χ0n) is 26.8. The number of aliphatic hydroxyl groups excluding tert-OH is 2. The first kappa shape index (κ1) is 31.7. The summed E-state index contributed by atoms with van der Waals surface area (Å²) >= 11 is 0. The fourth-order valence-electron chi connectivity index (χ4n) is 6.99. The zero-order chi connectivity index (χ0) is 33.0. The molecule has 5 aromatic rings. The van der Waals surface area contributed by atoms with Crippen molar-refractivity contribution in [3.05, 3.63) is 114 Å². The number of aromatic nitrogens is 4. The Labute approximate surface area is 279 Å². The summed E-state index contributed by atoms with van der Waals surface area (Å²) in [6.07, 6.45) is 1.43. The minimum absolute atomic E-state index is 0.0317. The number of nitrogens with two attached hydrogens (primary N) is 1. The standard InChI is InChI=1S/C37H42N8O3/c38-27-18-19-44(22-27)37-42-35(39-21-28(25-12-6-2-7-13-25)26-14-8-3-9-15-26)32-36(43-37)45(23-40-32)30-20-29(33(47)34(30)48)41-31(46)17-16-24-10-4-1-5-11-24/h1-15,23,27-30,33-34,47-48H,16-22,38H2,(H,41,46)(H,39,42,43)/t27-,29+,30?,33-,34+/m1/s1. The molecule has 1 aliphatic heterocycles. The number of aliphatic hydroxyl groups is 2. The van der Waals surface area contributed by atoms with E-state index in [0.717, 1.165) is 18.5 Å². The molecular weight excluding hydrogens is 604 g/mol. The van der Waals surface area contributed by atoms with Crippen LogP contribution in [0.5, 0.6) is 0 Å². The van der Waals surface area contributed by atoms with Gasteiger partial charge in [-0.05, 0) is 36.0 Å². The number of anilines is 2. The highest BCUT2D eigenvalue weighted by Gasteiger charge is 2.44. The molecule has 1 aliphatic carbocycles. The minimum atomic E-state index is -1.14. The van der Waals surface area contributed by atoms with E-state index in [0.29, 0.717) is 55.3 Å². The Kier molecular flexibility index (Phi) is 9.33. The van der Waals surface area contributed by atoms with Gasteiger partial charge in [0.05, 0.1) is 18.4 Å². The second-order valence-electron chi connectivity index (χ2n) is 12.9. The number of amides is 1. The molecule has 7 rings (SSSR count). The summed E-state index contributed by atoms with van der Waals surface area (Å²) in [4.78, 5) is 29.6. The van der Waals surface area contributed by atoms with E-state index in [2.05, 4.69) is 39.8 Å². The smallest absolute Gasteiger partial charge is 0.229 e. The Morgan fingerprint density at radius 1 is 0.917 bits per heavy atom. The van der Waals surface area contributed by atoms with E-state index < -0.39 is 24.3 Å². The Morgan fingerprint density at radius 2 is 1.58 bits per heavy atom. The monoisotopic (exact) mass is 646 g/mol. The fourth-order valence-corrected chi connectivity index (χ4v) is 6.99. The van der Waals surface area contributed by atoms with Crippen LogP contribution < -0.4 is 21.3 Å². The average molecular weight is 647 g/mol. The van der Waals surface area contributed by atoms with Crippen molar-refractivity contribution in [2.45, 2.75) is 61.9 Å². The first-order valence-corrected chi connectivity index (χ1v) is 16.7. The van der Waals surface area contributed by atoms with Gasteiger partial charge in [0.1, 0.15) is 12.2 Å². The number of benzene rings is 3. The Hall–Kier alpha value is -4.84. The molecule has 1 unspecified atom stereocenters. The molecule has 2 fully saturated rings. The van der Waals surface area contributed by atoms with Gasteiger partial charge in [-0.3, -0.25) is 4.79 Å². The van der Waals surface area contributed by atoms with Crippen molar-refractivity contribution in [3.8, 4) is 0 Å². The zero-order valence-corrected chi connectivity index (χ0v) is 26.8. The van der Waals surface area contributed by atoms with Crippen LogP contribution in [0.25, 0.3) is 11.2 Å². The number of imidazole rings is 1. The third-order valence-electron chi connectivity index (χ3n) is 9.63. The van der Waals surface area contributed by atoms with E-state index >= 15 is 0 Å². The Bertz CT molecular complexity index is 1780. The van der Waals surface area contributed by atoms with E-state index in [1.165, 1.54) is 11.1 Å². The summed E-state index contributed by atoms with van der Waals surface area (Å²) in [7, 11) is 0. The molecule has 1 saturated heterocycles. The van der Waals surface area contributed by atoms with Gasteiger partial charge in [0.2, 0.25) is 11.9 Å². The lowest BCUT2D eigenvalue weighted by Crippen LogP contribution is -2.43. The highest BCUT2D eigenvalue weighted by molar-refractivity contribution is 5.84. The third-order valence-corrected chi connectivity index (χ3v) is 9.63. The molecule has 2 aromatic heterocycles. The maximum atomic E-state index is 12.9. The van der Waals surface area contributed by atoms with Crippen LogP contribution in [-0.4, -0.2) is 79.6 Å². The molecule has 6 N–H and O–H groups in total. The van der Waals surface area contributed by atoms with Gasteiger partial charge in [-0.25, -0.2) is 4.98 Å². The molecule has 0 radical (unpaired) electrons. The molecule has 11 nitrogen and oxygen atoms in total. The first-order valence-electron chi connectivity index (χ1n) is 16.7. The molecule has 1 saturated carbocycles. The highest BCUT2D eigenvalue weighted by atomic mass is 16.3. The normalized spacial score (nSPS) is 22.4. The first-order chi connectivity index (χ1) is 23.4. The number of fused-ring (bicyclic) bond motifs is 1. The average Bonchev–Trinajstić information content (AvgIpc) is 3.82. The van der Waals surface area contributed by atoms with Crippen LogP contribution >= 0.6 is 0 Å². The number of hydrogen-bond donors (Lipinski definition) is 5. The quantitative estimate of drug-likeness (QED) is 0.145. The van der Waals surface area contributed by atoms with Gasteiger partial charge >= 0.3 is 0 Å². The van der Waals surface area contributed by atoms with Gasteiger partial charge in [0, 0.05) is 38.0 Å². The summed E-state index contributed by atoms with van der Waals surface area (Å²) in [6.45, 7) is 1.93. The van der Waals surface area contributed by atoms with Crippen molar-refractivity contribution < 1.29 is 15.0 Å². The van der Waals surface area contributed by atoms with Crippen LogP contribution in [0.2, 0.25) is 0 Å². The van der Waals surface area contributed by atoms with E-state index in [9.17, 15) is 15.0 Å². The lowest BCUT2D eigenvalue weighted by molar-refractivity contribution is -0.122. The third kappa shape index (κ3) is 6.75. The number of aryl methyl sites for hydroxylation is 1. The molecular formula is C37H42N8O3. The van der Waals surface area contributed by atoms with Crippen molar-refractivity contribution in [2.24, 2.45) is 5.73 Å². The van der Waals surface area contributed by atoms with Crippen molar-refractivity contribution in [1.29, 1.82) is 0 Å². The lowest BCUT2D eigenvalue weighted by Gasteiger charge is -2.22. The molecule has 48 heavy (non-hydrogen) atoms. The van der Waals surface area contributed by atoms with Crippen LogP contribution in [0.4, 0.5) is 11.8 Å². The second-order valence-corrected chi connectivity index (χ2v) is 12.9. The van der Waals surface area contributed by atoms with E-state index in [1.54, 1.807) is 6.33 Å². The van der Waals surface area contributed by atoms with Crippen molar-refractivity contribution in [1.82, 2.24) is 24.8 Å². The predicted molar refractivity (Wildman–Crippen MR) is 186 cm³/mol. The van der Waals surface area contributed by atoms with Crippen LogP contribution in [-0.2, 0) is 11.2 Å². The van der Waals surface area contributed by atoms with E-state index in [4.69, 9.17) is 20.7 Å². The number of hydrogen-bond acceptors (Lipinski definition) is 9. The molecule has 248 valence electrons. The molecule has 0 spiro atoms. The van der Waals surface area contributed by atoms with Crippen LogP contribution in [0.3, 0.4) is 0 Å². The molecule has 2 aliphatic rings. The van der Waals surface area contributed by atoms with Crippen LogP contribution in [0, 0.1) is 0 Å². The van der Waals surface area contributed by atoms with Crippen molar-refractivity contribution in [2.75, 3.05) is 29.9 Å². The van der Waals surface area contributed by atoms with Gasteiger partial charge in [-0.2, -0.15) is 9.97 Å². The largest absolute Gasteiger partial charge is 0.388 e. The summed E-state index contributed by atoms with van der Waals surface area (Å²) in [5.41, 5.74) is 10.8. The van der Waals surface area contributed by atoms with Gasteiger partial charge < -0.3 is 36.0 Å². The fraction of sp³-hybridized carbons (Fsp3) is 0.351. The highest BCUT2D eigenvalue weighted by Crippen LogP contribution is 2.35. The van der Waals surface area contributed by atoms with Crippen molar-refractivity contribution in [3.63, 3.8) is 0 Å². The molecule has 3 heterocycles. The summed E-state index contributed by atoms with van der Waals surface area (Å²) in [6, 6.07) is 29.4. The Balaban J connectivity index is 1.16. The minimum Gasteiger partial charge on any atom is -0.388 e. The molecule has 1 amide bonds. The topological polar surface area (TPSA) is 154 Å². The van der Waals surface area contributed by atoms with Crippen LogP contribution in [0.1, 0.15) is 47.9 Å². The van der Waals surface area contributed by atoms with Gasteiger partial charge in [0.25, 0.3) is 0 Å². The maximum Gasteiger partial charge on any atom is 0.229 e. The summed E-state index contributed by atoms with van der Waals surface area (Å²) in [5, 5.41) is 28.8. The van der Waals surface area contributed by atoms with E-state index in [-0.39, 0.29) is 17.9 Å². The van der Waals surface area contributed by atoms with Gasteiger partial charge in [-0.1, -0.05) is 91.0 Å². The van der Waals surface area contributed by atoms with Gasteiger partial charge in [0.15, 0.2) is 17.0 Å². The maximum absolute atomic E-state index is 12.9. The van der Waals surface area contributed by atoms with E-state index in [1.807, 2.05) is 71.3 Å². The lowest BCUT2D eigenvalue weighted by atomic mass is 9.91. The molecule has 5 atom stereocenters. The predicted octanol–water partition coefficient (Wildman–Crippen LogP) is 3.39.